The number of hydrogen-bond donors (Lipinski definition) is 0. The fraction of sp³-hybridized carbons (Fsp3) is 0.259. The van der Waals surface area contributed by atoms with Crippen LogP contribution < -0.4 is 23.7 Å². The lowest BCUT2D eigenvalue weighted by Gasteiger charge is -2.34. The van der Waals surface area contributed by atoms with Crippen LogP contribution in [0.4, 0.5) is 0 Å². The summed E-state index contributed by atoms with van der Waals surface area (Å²) in [5.41, 5.74) is 3.44. The minimum absolute atomic E-state index is 0.0608. The second-order valence-electron chi connectivity index (χ2n) is 8.00. The lowest BCUT2D eigenvalue weighted by atomic mass is 9.84. The molecule has 0 bridgehead atoms. The largest absolute Gasteiger partial charge is 0.497 e. The zero-order chi connectivity index (χ0) is 21.9. The van der Waals surface area contributed by atoms with Crippen molar-refractivity contribution in [1.82, 2.24) is 0 Å². The smallest absolute Gasteiger partial charge is 0.231 e. The number of hydrogen-bond acceptors (Lipinski definition) is 5. The van der Waals surface area contributed by atoms with Gasteiger partial charge in [-0.25, -0.2) is 0 Å². The molecule has 3 aromatic carbocycles. The highest BCUT2D eigenvalue weighted by molar-refractivity contribution is 5.54. The van der Waals surface area contributed by atoms with Crippen molar-refractivity contribution in [3.8, 4) is 28.7 Å². The molecule has 2 aliphatic rings. The van der Waals surface area contributed by atoms with Crippen molar-refractivity contribution in [2.75, 3.05) is 21.0 Å². The fourth-order valence-corrected chi connectivity index (χ4v) is 4.29. The molecule has 0 saturated carbocycles. The summed E-state index contributed by atoms with van der Waals surface area (Å²) in [5, 5.41) is 0. The second kappa shape index (κ2) is 8.87. The molecule has 5 rings (SSSR count). The topological polar surface area (TPSA) is 46.2 Å². The zero-order valence-corrected chi connectivity index (χ0v) is 18.2. The van der Waals surface area contributed by atoms with E-state index in [1.165, 1.54) is 0 Å². The third kappa shape index (κ3) is 4.11. The highest BCUT2D eigenvalue weighted by Gasteiger charge is 2.32. The summed E-state index contributed by atoms with van der Waals surface area (Å²) in [4.78, 5) is 0. The Labute approximate surface area is 188 Å². The average molecular weight is 431 g/mol. The normalized spacial score (nSPS) is 18.8. The van der Waals surface area contributed by atoms with Crippen molar-refractivity contribution in [2.24, 2.45) is 5.92 Å². The molecule has 2 heterocycles. The molecule has 2 atom stereocenters. The van der Waals surface area contributed by atoms with Crippen LogP contribution >= 0.6 is 0 Å². The maximum absolute atomic E-state index is 6.54. The van der Waals surface area contributed by atoms with Crippen LogP contribution in [-0.2, 0) is 6.42 Å². The van der Waals surface area contributed by atoms with Crippen LogP contribution in [0.5, 0.6) is 28.7 Å². The Morgan fingerprint density at radius 1 is 0.844 bits per heavy atom. The van der Waals surface area contributed by atoms with Gasteiger partial charge in [0.25, 0.3) is 0 Å². The molecule has 5 heteroatoms. The van der Waals surface area contributed by atoms with Crippen LogP contribution in [-0.4, -0.2) is 21.0 Å². The first-order chi connectivity index (χ1) is 15.7. The summed E-state index contributed by atoms with van der Waals surface area (Å²) < 4.78 is 28.2. The van der Waals surface area contributed by atoms with Gasteiger partial charge in [0.2, 0.25) is 6.79 Å². The van der Waals surface area contributed by atoms with Gasteiger partial charge < -0.3 is 23.7 Å². The molecule has 0 radical (unpaired) electrons. The van der Waals surface area contributed by atoms with Crippen LogP contribution in [0.2, 0.25) is 0 Å². The van der Waals surface area contributed by atoms with Crippen LogP contribution in [0.25, 0.3) is 6.08 Å². The molecule has 5 nitrogen and oxygen atoms in total. The van der Waals surface area contributed by atoms with Crippen molar-refractivity contribution in [3.05, 3.63) is 83.4 Å². The third-order valence-corrected chi connectivity index (χ3v) is 6.03. The van der Waals surface area contributed by atoms with Gasteiger partial charge in [-0.2, -0.15) is 0 Å². The summed E-state index contributed by atoms with van der Waals surface area (Å²) in [6.07, 6.45) is 6.10. The number of allylic oxidation sites excluding steroid dienone is 1. The molecule has 3 aromatic rings. The molecule has 0 saturated heterocycles. The lowest BCUT2D eigenvalue weighted by molar-refractivity contribution is 0.114. The number of benzene rings is 3. The second-order valence-corrected chi connectivity index (χ2v) is 8.00. The number of fused-ring (bicyclic) bond motifs is 2. The minimum Gasteiger partial charge on any atom is -0.497 e. The Kier molecular flexibility index (Phi) is 5.63. The first kappa shape index (κ1) is 20.3. The van der Waals surface area contributed by atoms with Crippen molar-refractivity contribution >= 4 is 6.08 Å². The van der Waals surface area contributed by atoms with Gasteiger partial charge in [-0.15, -0.1) is 0 Å². The Morgan fingerprint density at radius 2 is 1.50 bits per heavy atom. The van der Waals surface area contributed by atoms with E-state index < -0.39 is 0 Å². The van der Waals surface area contributed by atoms with E-state index in [2.05, 4.69) is 42.5 Å². The summed E-state index contributed by atoms with van der Waals surface area (Å²) in [6, 6.07) is 20.2. The summed E-state index contributed by atoms with van der Waals surface area (Å²) in [5.74, 6) is 4.39. The molecule has 0 amide bonds. The van der Waals surface area contributed by atoms with Crippen LogP contribution in [0.1, 0.15) is 29.2 Å². The molecule has 0 unspecified atom stereocenters. The van der Waals surface area contributed by atoms with Gasteiger partial charge in [0, 0.05) is 12.0 Å². The molecule has 2 aliphatic heterocycles. The monoisotopic (exact) mass is 430 g/mol. The summed E-state index contributed by atoms with van der Waals surface area (Å²) in [6.45, 7) is 0.258. The van der Waals surface area contributed by atoms with Gasteiger partial charge in [0.05, 0.1) is 14.2 Å². The fourth-order valence-electron chi connectivity index (χ4n) is 4.29. The standard InChI is InChI=1S/C27H26O5/c1-28-22-10-6-18(7-11-22)4-3-5-20-14-21-15-25-26(31-17-30-25)16-24(21)32-27(20)19-8-12-23(29-2)13-9-19/h3-4,6-13,15-16,20,27H,5,14,17H2,1-2H3/b4-3+/t20-,27+/m1/s1. The van der Waals surface area contributed by atoms with Crippen molar-refractivity contribution in [2.45, 2.75) is 18.9 Å². The van der Waals surface area contributed by atoms with Crippen LogP contribution in [0.15, 0.2) is 66.7 Å². The number of ether oxygens (including phenoxy) is 5. The highest BCUT2D eigenvalue weighted by Crippen LogP contribution is 2.46. The van der Waals surface area contributed by atoms with Gasteiger partial charge in [-0.1, -0.05) is 36.4 Å². The molecule has 0 spiro atoms. The van der Waals surface area contributed by atoms with E-state index in [1.54, 1.807) is 14.2 Å². The first-order valence-corrected chi connectivity index (χ1v) is 10.8. The van der Waals surface area contributed by atoms with Gasteiger partial charge in [0.1, 0.15) is 23.4 Å². The maximum Gasteiger partial charge on any atom is 0.231 e. The molecule has 0 aliphatic carbocycles. The quantitative estimate of drug-likeness (QED) is 0.492. The van der Waals surface area contributed by atoms with E-state index in [0.29, 0.717) is 0 Å². The summed E-state index contributed by atoms with van der Waals surface area (Å²) >= 11 is 0. The molecule has 32 heavy (non-hydrogen) atoms. The van der Waals surface area contributed by atoms with Crippen molar-refractivity contribution in [3.63, 3.8) is 0 Å². The lowest BCUT2D eigenvalue weighted by Crippen LogP contribution is -2.25. The van der Waals surface area contributed by atoms with Gasteiger partial charge in [-0.05, 0) is 59.9 Å². The molecular formula is C27H26O5. The van der Waals surface area contributed by atoms with E-state index in [1.807, 2.05) is 30.3 Å². The van der Waals surface area contributed by atoms with E-state index in [9.17, 15) is 0 Å². The van der Waals surface area contributed by atoms with E-state index in [4.69, 9.17) is 23.7 Å². The predicted molar refractivity (Wildman–Crippen MR) is 123 cm³/mol. The Bertz CT molecular complexity index is 1100. The zero-order valence-electron chi connectivity index (χ0n) is 18.2. The number of rotatable bonds is 6. The van der Waals surface area contributed by atoms with E-state index in [0.717, 1.165) is 58.3 Å². The predicted octanol–water partition coefficient (Wildman–Crippen LogP) is 5.83. The van der Waals surface area contributed by atoms with Gasteiger partial charge in [0.15, 0.2) is 11.5 Å². The molecule has 164 valence electrons. The number of methoxy groups -OCH3 is 2. The van der Waals surface area contributed by atoms with Crippen LogP contribution in [0.3, 0.4) is 0 Å². The Balaban J connectivity index is 1.40. The van der Waals surface area contributed by atoms with Gasteiger partial charge in [-0.3, -0.25) is 0 Å². The minimum atomic E-state index is -0.0608. The maximum atomic E-state index is 6.54. The molecular weight excluding hydrogens is 404 g/mol. The Hall–Kier alpha value is -3.60. The molecule has 0 aromatic heterocycles. The molecule has 0 N–H and O–H groups in total. The van der Waals surface area contributed by atoms with E-state index in [-0.39, 0.29) is 18.8 Å². The first-order valence-electron chi connectivity index (χ1n) is 10.8. The van der Waals surface area contributed by atoms with Crippen LogP contribution in [0, 0.1) is 5.92 Å². The van der Waals surface area contributed by atoms with Crippen molar-refractivity contribution < 1.29 is 23.7 Å². The average Bonchev–Trinajstić information content (AvgIpc) is 3.30. The summed E-state index contributed by atoms with van der Waals surface area (Å²) in [7, 11) is 3.36. The third-order valence-electron chi connectivity index (χ3n) is 6.03. The van der Waals surface area contributed by atoms with Gasteiger partial charge >= 0.3 is 0 Å². The molecule has 0 fully saturated rings. The highest BCUT2D eigenvalue weighted by atomic mass is 16.7. The Morgan fingerprint density at radius 3 is 2.19 bits per heavy atom. The van der Waals surface area contributed by atoms with Crippen molar-refractivity contribution in [1.29, 1.82) is 0 Å². The SMILES string of the molecule is COc1ccc(/C=C/C[C@@H]2Cc3cc4c(cc3O[C@H]2c2ccc(OC)cc2)OCO4)cc1. The van der Waals surface area contributed by atoms with E-state index >= 15 is 0 Å².